The van der Waals surface area contributed by atoms with Crippen LogP contribution in [-0.4, -0.2) is 12.6 Å². The van der Waals surface area contributed by atoms with Gasteiger partial charge in [-0.05, 0) is 60.3 Å². The Morgan fingerprint density at radius 1 is 1.40 bits per heavy atom. The van der Waals surface area contributed by atoms with Crippen LogP contribution in [0.1, 0.15) is 26.2 Å². The van der Waals surface area contributed by atoms with Gasteiger partial charge in [-0.25, -0.2) is 0 Å². The number of benzene rings is 1. The second-order valence-corrected chi connectivity index (χ2v) is 5.42. The van der Waals surface area contributed by atoms with Crippen LogP contribution in [0.5, 0.6) is 0 Å². The SMILES string of the molecule is CC1CCCCN1c1ccc(Cl)cc1Br. The van der Waals surface area contributed by atoms with Crippen molar-refractivity contribution in [2.24, 2.45) is 0 Å². The Morgan fingerprint density at radius 2 is 2.20 bits per heavy atom. The van der Waals surface area contributed by atoms with E-state index in [2.05, 4.69) is 33.8 Å². The Balaban J connectivity index is 2.27. The summed E-state index contributed by atoms with van der Waals surface area (Å²) < 4.78 is 1.10. The van der Waals surface area contributed by atoms with Crippen LogP contribution < -0.4 is 4.90 Å². The van der Waals surface area contributed by atoms with Gasteiger partial charge in [-0.3, -0.25) is 0 Å². The standard InChI is InChI=1S/C12H15BrClN/c1-9-4-2-3-7-15(9)12-6-5-10(14)8-11(12)13/h5-6,8-9H,2-4,7H2,1H3. The Morgan fingerprint density at radius 3 is 2.87 bits per heavy atom. The van der Waals surface area contributed by atoms with Crippen molar-refractivity contribution in [2.45, 2.75) is 32.2 Å². The van der Waals surface area contributed by atoms with E-state index in [9.17, 15) is 0 Å². The van der Waals surface area contributed by atoms with Crippen LogP contribution in [-0.2, 0) is 0 Å². The van der Waals surface area contributed by atoms with Gasteiger partial charge in [0.25, 0.3) is 0 Å². The first-order valence-electron chi connectivity index (χ1n) is 5.40. The lowest BCUT2D eigenvalue weighted by molar-refractivity contribution is 0.484. The van der Waals surface area contributed by atoms with Crippen molar-refractivity contribution < 1.29 is 0 Å². The van der Waals surface area contributed by atoms with Crippen molar-refractivity contribution in [2.75, 3.05) is 11.4 Å². The number of halogens is 2. The summed E-state index contributed by atoms with van der Waals surface area (Å²) >= 11 is 9.53. The van der Waals surface area contributed by atoms with Gasteiger partial charge in [0.1, 0.15) is 0 Å². The molecule has 0 spiro atoms. The fourth-order valence-corrected chi connectivity index (χ4v) is 3.08. The number of rotatable bonds is 1. The van der Waals surface area contributed by atoms with E-state index >= 15 is 0 Å². The highest BCUT2D eigenvalue weighted by Crippen LogP contribution is 2.33. The van der Waals surface area contributed by atoms with Crippen LogP contribution >= 0.6 is 27.5 Å². The minimum absolute atomic E-state index is 0.635. The zero-order valence-electron chi connectivity index (χ0n) is 8.84. The summed E-state index contributed by atoms with van der Waals surface area (Å²) in [7, 11) is 0. The summed E-state index contributed by atoms with van der Waals surface area (Å²) in [4.78, 5) is 2.46. The first-order valence-corrected chi connectivity index (χ1v) is 6.57. The van der Waals surface area contributed by atoms with Gasteiger partial charge in [-0.2, -0.15) is 0 Å². The number of nitrogens with zero attached hydrogens (tertiary/aromatic N) is 1. The van der Waals surface area contributed by atoms with E-state index in [0.29, 0.717) is 6.04 Å². The lowest BCUT2D eigenvalue weighted by Crippen LogP contribution is -2.37. The van der Waals surface area contributed by atoms with E-state index in [1.165, 1.54) is 24.9 Å². The Kier molecular flexibility index (Phi) is 3.57. The predicted octanol–water partition coefficient (Wildman–Crippen LogP) is 4.48. The molecule has 1 aromatic carbocycles. The molecule has 0 bridgehead atoms. The molecule has 0 radical (unpaired) electrons. The third-order valence-electron chi connectivity index (χ3n) is 3.02. The van der Waals surface area contributed by atoms with Crippen molar-refractivity contribution in [1.29, 1.82) is 0 Å². The Bertz CT molecular complexity index is 353. The van der Waals surface area contributed by atoms with Crippen molar-refractivity contribution >= 4 is 33.2 Å². The lowest BCUT2D eigenvalue weighted by atomic mass is 10.0. The first-order chi connectivity index (χ1) is 7.18. The quantitative estimate of drug-likeness (QED) is 0.736. The highest BCUT2D eigenvalue weighted by molar-refractivity contribution is 9.10. The molecule has 0 aliphatic carbocycles. The van der Waals surface area contributed by atoms with E-state index in [1.807, 2.05) is 12.1 Å². The van der Waals surface area contributed by atoms with Crippen molar-refractivity contribution in [3.05, 3.63) is 27.7 Å². The molecule has 1 atom stereocenters. The van der Waals surface area contributed by atoms with Gasteiger partial charge in [0, 0.05) is 22.1 Å². The van der Waals surface area contributed by atoms with Gasteiger partial charge in [0.05, 0.1) is 5.69 Å². The summed E-state index contributed by atoms with van der Waals surface area (Å²) in [5.41, 5.74) is 1.27. The van der Waals surface area contributed by atoms with E-state index in [1.54, 1.807) is 0 Å². The van der Waals surface area contributed by atoms with Crippen LogP contribution in [0.25, 0.3) is 0 Å². The van der Waals surface area contributed by atoms with Crippen molar-refractivity contribution in [1.82, 2.24) is 0 Å². The summed E-state index contributed by atoms with van der Waals surface area (Å²) in [6, 6.07) is 6.67. The number of anilines is 1. The van der Waals surface area contributed by atoms with E-state index < -0.39 is 0 Å². The molecule has 82 valence electrons. The Hall–Kier alpha value is -0.210. The molecule has 15 heavy (non-hydrogen) atoms. The van der Waals surface area contributed by atoms with Gasteiger partial charge >= 0.3 is 0 Å². The minimum atomic E-state index is 0.635. The molecule has 1 fully saturated rings. The molecule has 0 amide bonds. The molecule has 1 saturated heterocycles. The zero-order valence-corrected chi connectivity index (χ0v) is 11.2. The summed E-state index contributed by atoms with van der Waals surface area (Å²) in [6.45, 7) is 3.45. The van der Waals surface area contributed by atoms with Crippen molar-refractivity contribution in [3.63, 3.8) is 0 Å². The largest absolute Gasteiger partial charge is 0.368 e. The molecule has 2 rings (SSSR count). The number of hydrogen-bond donors (Lipinski definition) is 0. The van der Waals surface area contributed by atoms with E-state index in [0.717, 1.165) is 16.0 Å². The van der Waals surface area contributed by atoms with Crippen LogP contribution in [0.2, 0.25) is 5.02 Å². The second-order valence-electron chi connectivity index (χ2n) is 4.13. The van der Waals surface area contributed by atoms with Gasteiger partial charge in [-0.15, -0.1) is 0 Å². The molecular weight excluding hydrogens is 273 g/mol. The van der Waals surface area contributed by atoms with Gasteiger partial charge in [0.15, 0.2) is 0 Å². The molecule has 0 aromatic heterocycles. The average molecular weight is 289 g/mol. The molecule has 1 aliphatic heterocycles. The lowest BCUT2D eigenvalue weighted by Gasteiger charge is -2.36. The molecule has 3 heteroatoms. The van der Waals surface area contributed by atoms with Gasteiger partial charge in [0.2, 0.25) is 0 Å². The first kappa shape index (κ1) is 11.3. The third kappa shape index (κ3) is 2.48. The predicted molar refractivity (Wildman–Crippen MR) is 69.8 cm³/mol. The zero-order chi connectivity index (χ0) is 10.8. The second kappa shape index (κ2) is 4.75. The topological polar surface area (TPSA) is 3.24 Å². The summed E-state index contributed by atoms with van der Waals surface area (Å²) in [5, 5.41) is 0.787. The highest BCUT2D eigenvalue weighted by Gasteiger charge is 2.20. The van der Waals surface area contributed by atoms with Gasteiger partial charge in [-0.1, -0.05) is 11.6 Å². The summed E-state index contributed by atoms with van der Waals surface area (Å²) in [5.74, 6) is 0. The monoisotopic (exact) mass is 287 g/mol. The number of piperidine rings is 1. The summed E-state index contributed by atoms with van der Waals surface area (Å²) in [6.07, 6.45) is 3.93. The van der Waals surface area contributed by atoms with E-state index in [-0.39, 0.29) is 0 Å². The van der Waals surface area contributed by atoms with E-state index in [4.69, 9.17) is 11.6 Å². The van der Waals surface area contributed by atoms with Crippen molar-refractivity contribution in [3.8, 4) is 0 Å². The molecule has 1 nitrogen and oxygen atoms in total. The van der Waals surface area contributed by atoms with Crippen LogP contribution in [0.3, 0.4) is 0 Å². The Labute approximate surface area is 105 Å². The van der Waals surface area contributed by atoms with Gasteiger partial charge < -0.3 is 4.90 Å². The van der Waals surface area contributed by atoms with Crippen LogP contribution in [0.15, 0.2) is 22.7 Å². The molecule has 1 unspecified atom stereocenters. The average Bonchev–Trinajstić information content (AvgIpc) is 2.20. The molecule has 0 N–H and O–H groups in total. The third-order valence-corrected chi connectivity index (χ3v) is 3.89. The smallest absolute Gasteiger partial charge is 0.0514 e. The maximum atomic E-state index is 5.94. The minimum Gasteiger partial charge on any atom is -0.368 e. The fourth-order valence-electron chi connectivity index (χ4n) is 2.17. The molecule has 1 aromatic rings. The molecule has 1 heterocycles. The molecule has 1 aliphatic rings. The maximum absolute atomic E-state index is 5.94. The van der Waals surface area contributed by atoms with Crippen LogP contribution in [0.4, 0.5) is 5.69 Å². The highest BCUT2D eigenvalue weighted by atomic mass is 79.9. The fraction of sp³-hybridized carbons (Fsp3) is 0.500. The maximum Gasteiger partial charge on any atom is 0.0514 e. The normalized spacial score (nSPS) is 21.8. The molecular formula is C12H15BrClN. The molecule has 0 saturated carbocycles. The number of hydrogen-bond acceptors (Lipinski definition) is 1. The van der Waals surface area contributed by atoms with Crippen LogP contribution in [0, 0.1) is 0 Å².